The molecule has 3 fully saturated rings. The van der Waals surface area contributed by atoms with Crippen LogP contribution in [0.1, 0.15) is 19.3 Å². The van der Waals surface area contributed by atoms with E-state index < -0.39 is 22.7 Å². The summed E-state index contributed by atoms with van der Waals surface area (Å²) < 4.78 is 74.7. The van der Waals surface area contributed by atoms with Gasteiger partial charge in [0.1, 0.15) is 89.4 Å². The van der Waals surface area contributed by atoms with Gasteiger partial charge in [-0.15, -0.1) is 0 Å². The molecule has 3 saturated heterocycles. The molecule has 3 aliphatic rings. The number of rotatable bonds is 21. The molecular weight excluding hydrogens is 1500 g/mol. The number of fused-ring (bicyclic) bond motifs is 3. The van der Waals surface area contributed by atoms with Crippen molar-refractivity contribution in [2.24, 2.45) is 0 Å². The first kappa shape index (κ1) is 74.7. The zero-order chi connectivity index (χ0) is 70.4. The van der Waals surface area contributed by atoms with Crippen LogP contribution in [0.25, 0.3) is 32.7 Å². The lowest BCUT2D eigenvalue weighted by molar-refractivity contribution is -0.112. The van der Waals surface area contributed by atoms with E-state index in [9.17, 15) is 27.6 Å². The van der Waals surface area contributed by atoms with E-state index in [0.717, 1.165) is 24.6 Å². The van der Waals surface area contributed by atoms with Gasteiger partial charge in [-0.25, -0.2) is 43.1 Å². The van der Waals surface area contributed by atoms with Crippen molar-refractivity contribution in [2.75, 3.05) is 103 Å². The number of carbonyl (C=O) groups excluding carboxylic acids is 3. The highest BCUT2D eigenvalue weighted by Gasteiger charge is 2.24. The number of likely N-dealkylation sites (N-methyl/N-ethyl adjacent to an activating group) is 1. The predicted molar refractivity (Wildman–Crippen MR) is 388 cm³/mol. The van der Waals surface area contributed by atoms with Crippen LogP contribution in [-0.4, -0.2) is 141 Å². The van der Waals surface area contributed by atoms with Crippen molar-refractivity contribution in [2.45, 2.75) is 37.6 Å². The molecule has 9 aromatic rings. The number of hydrogen-bond acceptors (Lipinski definition) is 20. The fourth-order valence-corrected chi connectivity index (χ4v) is 10.6. The van der Waals surface area contributed by atoms with Crippen LogP contribution < -0.4 is 46.5 Å². The molecule has 0 saturated carbocycles. The Bertz CT molecular complexity index is 4420. The van der Waals surface area contributed by atoms with Gasteiger partial charge in [0.25, 0.3) is 0 Å². The topological polar surface area (TPSA) is 273 Å². The Balaban J connectivity index is 0.000000166. The summed E-state index contributed by atoms with van der Waals surface area (Å²) in [4.78, 5) is 62.6. The molecule has 99 heavy (non-hydrogen) atoms. The molecule has 31 heteroatoms. The van der Waals surface area contributed by atoms with Crippen molar-refractivity contribution in [3.63, 3.8) is 0 Å². The van der Waals surface area contributed by atoms with Gasteiger partial charge in [-0.2, -0.15) is 0 Å². The molecular formula is C68H64Br2Cl4F3N13O9. The van der Waals surface area contributed by atoms with E-state index in [1.807, 2.05) is 19.0 Å². The number of amides is 2. The van der Waals surface area contributed by atoms with E-state index in [1.54, 1.807) is 72.8 Å². The SMILES string of the molecule is CN(C)C/C=C/C(=O)Nc1cc2c(Nc3ccc(F)c(Cl)c3)ncnc2cc1O[C@H]1CCOC1.Nc1cc2c(Nc3ccc(F)c(Cl)c3)ncnc2cc1O[C@H]1CCOC1.O=C(/C=C/CBr)Nc1cc2c(Nc3ccc(F)c(Cl)c3)ncnc2cc1O[C@H]1CCOC1.O=C(Cl)/C=C/CBr. The highest BCUT2D eigenvalue weighted by molar-refractivity contribution is 9.09. The van der Waals surface area contributed by atoms with E-state index >= 15 is 0 Å². The van der Waals surface area contributed by atoms with Crippen LogP contribution in [0.4, 0.5) is 64.7 Å². The Kier molecular flexibility index (Phi) is 28.0. The number of nitrogens with zero attached hydrogens (tertiary/aromatic N) is 7. The zero-order valence-electron chi connectivity index (χ0n) is 52.9. The molecule has 6 aromatic carbocycles. The third kappa shape index (κ3) is 22.3. The Morgan fingerprint density at radius 1 is 0.535 bits per heavy atom. The summed E-state index contributed by atoms with van der Waals surface area (Å²) in [5.41, 5.74) is 11.2. The summed E-state index contributed by atoms with van der Waals surface area (Å²) in [7, 11) is 3.84. The fourth-order valence-electron chi connectivity index (χ4n) is 9.56. The van der Waals surface area contributed by atoms with Crippen molar-refractivity contribution >= 4 is 180 Å². The maximum atomic E-state index is 13.6. The van der Waals surface area contributed by atoms with Gasteiger partial charge in [0.2, 0.25) is 17.1 Å². The minimum absolute atomic E-state index is 0.00413. The average molecular weight is 1570 g/mol. The number of nitrogens with one attached hydrogen (secondary N) is 5. The molecule has 518 valence electrons. The second kappa shape index (κ2) is 37.1. The number of anilines is 9. The van der Waals surface area contributed by atoms with Crippen LogP contribution in [0.2, 0.25) is 15.1 Å². The summed E-state index contributed by atoms with van der Waals surface area (Å²) in [6.07, 6.45) is 15.7. The molecule has 22 nitrogen and oxygen atoms in total. The van der Waals surface area contributed by atoms with Crippen molar-refractivity contribution in [3.8, 4) is 17.2 Å². The number of benzene rings is 6. The average Bonchev–Trinajstić information content (AvgIpc) is 1.80. The Hall–Kier alpha value is -8.48. The molecule has 3 aliphatic heterocycles. The van der Waals surface area contributed by atoms with Gasteiger partial charge in [0.15, 0.2) is 0 Å². The highest BCUT2D eigenvalue weighted by atomic mass is 79.9. The van der Waals surface area contributed by atoms with Crippen molar-refractivity contribution in [1.82, 2.24) is 34.8 Å². The number of halogens is 9. The van der Waals surface area contributed by atoms with Crippen LogP contribution in [-0.2, 0) is 28.6 Å². The largest absolute Gasteiger partial charge is 0.486 e. The summed E-state index contributed by atoms with van der Waals surface area (Å²) in [6, 6.07) is 23.5. The highest BCUT2D eigenvalue weighted by Crippen LogP contribution is 2.38. The van der Waals surface area contributed by atoms with Crippen molar-refractivity contribution < 1.29 is 56.0 Å². The monoisotopic (exact) mass is 1560 g/mol. The molecule has 6 heterocycles. The van der Waals surface area contributed by atoms with Crippen LogP contribution >= 0.6 is 78.3 Å². The van der Waals surface area contributed by atoms with E-state index in [2.05, 4.69) is 88.3 Å². The third-order valence-corrected chi connectivity index (χ3v) is 16.0. The number of aromatic nitrogens is 6. The summed E-state index contributed by atoms with van der Waals surface area (Å²) in [5, 5.41) is 18.0. The minimum Gasteiger partial charge on any atom is -0.486 e. The lowest BCUT2D eigenvalue weighted by Crippen LogP contribution is -2.18. The number of alkyl halides is 2. The summed E-state index contributed by atoms with van der Waals surface area (Å²) >= 11 is 28.9. The summed E-state index contributed by atoms with van der Waals surface area (Å²) in [5.74, 6) is 0.957. The Labute approximate surface area is 603 Å². The summed E-state index contributed by atoms with van der Waals surface area (Å²) in [6.45, 7) is 4.10. The van der Waals surface area contributed by atoms with Gasteiger partial charge in [0, 0.05) is 100 Å². The van der Waals surface area contributed by atoms with E-state index in [4.69, 9.17) is 80.6 Å². The van der Waals surface area contributed by atoms with Crippen molar-refractivity contribution in [3.05, 3.63) is 179 Å². The number of hydrogen-bond donors (Lipinski definition) is 6. The molecule has 0 aliphatic carbocycles. The first-order valence-electron chi connectivity index (χ1n) is 30.4. The number of ether oxygens (including phenoxy) is 6. The van der Waals surface area contributed by atoms with Gasteiger partial charge in [0.05, 0.1) is 88.3 Å². The van der Waals surface area contributed by atoms with Crippen molar-refractivity contribution in [1.29, 1.82) is 0 Å². The molecule has 12 rings (SSSR count). The first-order valence-corrected chi connectivity index (χ1v) is 34.1. The second-order valence-electron chi connectivity index (χ2n) is 21.9. The maximum Gasteiger partial charge on any atom is 0.248 e. The zero-order valence-corrected chi connectivity index (χ0v) is 59.1. The molecule has 7 N–H and O–H groups in total. The molecule has 3 atom stereocenters. The van der Waals surface area contributed by atoms with Crippen LogP contribution in [0, 0.1) is 17.5 Å². The smallest absolute Gasteiger partial charge is 0.248 e. The van der Waals surface area contributed by atoms with Gasteiger partial charge in [-0.3, -0.25) is 14.4 Å². The number of carbonyl (C=O) groups is 3. The first-order chi connectivity index (χ1) is 47.8. The van der Waals surface area contributed by atoms with Gasteiger partial charge >= 0.3 is 0 Å². The van der Waals surface area contributed by atoms with E-state index in [1.165, 1.54) is 73.6 Å². The molecule has 0 radical (unpaired) electrons. The molecule has 0 unspecified atom stereocenters. The predicted octanol–water partition coefficient (Wildman–Crippen LogP) is 15.2. The van der Waals surface area contributed by atoms with E-state index in [0.29, 0.717) is 153 Å². The Morgan fingerprint density at radius 2 is 0.899 bits per heavy atom. The van der Waals surface area contributed by atoms with Crippen LogP contribution in [0.15, 0.2) is 146 Å². The van der Waals surface area contributed by atoms with E-state index in [-0.39, 0.29) is 45.2 Å². The second-order valence-corrected chi connectivity index (χ2v) is 24.8. The van der Waals surface area contributed by atoms with Gasteiger partial charge < -0.3 is 65.6 Å². The van der Waals surface area contributed by atoms with Gasteiger partial charge in [-0.1, -0.05) is 84.9 Å². The normalized spacial score (nSPS) is 15.7. The molecule has 0 bridgehead atoms. The molecule has 2 amide bonds. The standard InChI is InChI=1S/C24H25ClFN5O3.C22H19BrClFN4O3.C18H16ClFN4O2.C4H4BrClO/c1-31(2)8-3-4-23(32)30-21-11-17-20(12-22(21)34-16-7-9-33-13-16)27-14-28-24(17)29-15-5-6-19(26)18(25)10-15;23-6-1-2-21(30)29-19-9-15-18(10-20(19)32-14-5-7-31-11-14)26-12-27-22(15)28-13-3-4-17(25)16(24)8-13;19-13-5-10(1-2-14(13)20)24-18-12-6-15(21)17(7-16(12)22-9-23-18)26-11-3-4-25-8-11;5-3-1-2-4(6)7/h3-6,10-12,14,16H,7-9,13H2,1-2H3,(H,30,32)(H,27,28,29);1-4,8-10,12,14H,5-7,11H2,(H,29,30)(H,26,27,28);1-2,5-7,9,11H,3-4,8,21H2,(H,22,23,24);1-2H,3H2/b4-3+;2-1+;;2-1+/t16-;14-;11-;/m000./s1. The third-order valence-electron chi connectivity index (χ3n) is 14.3. The Morgan fingerprint density at radius 3 is 1.24 bits per heavy atom. The maximum absolute atomic E-state index is 13.6. The quantitative estimate of drug-likeness (QED) is 0.0169. The van der Waals surface area contributed by atoms with Crippen LogP contribution in [0.5, 0.6) is 17.2 Å². The fraction of sp³-hybridized carbons (Fsp3) is 0.250. The number of nitrogens with two attached hydrogens (primary N) is 1. The van der Waals surface area contributed by atoms with Crippen LogP contribution in [0.3, 0.4) is 0 Å². The number of allylic oxidation sites excluding steroid dienone is 3. The molecule has 0 spiro atoms. The lowest BCUT2D eigenvalue weighted by Gasteiger charge is -2.17. The number of nitrogen functional groups attached to an aromatic ring is 1. The minimum atomic E-state index is -0.510. The lowest BCUT2D eigenvalue weighted by atomic mass is 10.1. The molecule has 3 aromatic heterocycles. The van der Waals surface area contributed by atoms with Gasteiger partial charge in [-0.05, 0) is 105 Å².